The van der Waals surface area contributed by atoms with Gasteiger partial charge in [0.1, 0.15) is 11.5 Å². The molecule has 2 amide bonds. The lowest BCUT2D eigenvalue weighted by atomic mass is 10.1. The number of para-hydroxylation sites is 1. The van der Waals surface area contributed by atoms with Gasteiger partial charge in [0.2, 0.25) is 0 Å². The van der Waals surface area contributed by atoms with E-state index in [9.17, 15) is 9.59 Å². The molecule has 208 valence electrons. The summed E-state index contributed by atoms with van der Waals surface area (Å²) < 4.78 is 5.47. The van der Waals surface area contributed by atoms with E-state index in [4.69, 9.17) is 21.3 Å². The molecule has 0 atom stereocenters. The predicted molar refractivity (Wildman–Crippen MR) is 161 cm³/mol. The van der Waals surface area contributed by atoms with Crippen LogP contribution in [0.2, 0.25) is 5.02 Å². The van der Waals surface area contributed by atoms with Crippen molar-refractivity contribution >= 4 is 46.3 Å². The quantitative estimate of drug-likeness (QED) is 0.335. The zero-order valence-corrected chi connectivity index (χ0v) is 23.9. The summed E-state index contributed by atoms with van der Waals surface area (Å²) in [5, 5.41) is 3.56. The first-order chi connectivity index (χ1) is 20.0. The molecule has 1 aromatic carbocycles. The van der Waals surface area contributed by atoms with Gasteiger partial charge < -0.3 is 19.9 Å². The summed E-state index contributed by atoms with van der Waals surface area (Å²) in [6, 6.07) is 17.4. The Hall–Kier alpha value is -3.79. The Labute approximate surface area is 246 Å². The maximum absolute atomic E-state index is 14.0. The third-order valence-electron chi connectivity index (χ3n) is 7.65. The smallest absolute Gasteiger partial charge is 0.276 e. The zero-order chi connectivity index (χ0) is 27.9. The van der Waals surface area contributed by atoms with Gasteiger partial charge in [-0.2, -0.15) is 0 Å². The fourth-order valence-corrected chi connectivity index (χ4v) is 6.70. The topological polar surface area (TPSA) is 87.7 Å². The number of ether oxygens (including phenoxy) is 1. The number of aromatic nitrogens is 2. The molecule has 5 heterocycles. The second-order valence-electron chi connectivity index (χ2n) is 10.5. The van der Waals surface area contributed by atoms with Crippen molar-refractivity contribution in [3.8, 4) is 21.7 Å². The molecule has 1 saturated heterocycles. The number of amides is 2. The van der Waals surface area contributed by atoms with E-state index in [0.717, 1.165) is 59.0 Å². The minimum absolute atomic E-state index is 0.0122. The first kappa shape index (κ1) is 26.1. The fourth-order valence-electron chi connectivity index (χ4n) is 5.34. The molecule has 0 bridgehead atoms. The molecule has 2 aliphatic heterocycles. The third-order valence-corrected chi connectivity index (χ3v) is 9.17. The lowest BCUT2D eigenvalue weighted by Crippen LogP contribution is -2.36. The summed E-state index contributed by atoms with van der Waals surface area (Å²) in [4.78, 5) is 41.8. The lowest BCUT2D eigenvalue weighted by molar-refractivity contribution is 0.0952. The van der Waals surface area contributed by atoms with Crippen molar-refractivity contribution in [1.29, 1.82) is 0 Å². The van der Waals surface area contributed by atoms with E-state index >= 15 is 0 Å². The molecule has 1 aliphatic carbocycles. The van der Waals surface area contributed by atoms with Gasteiger partial charge in [0.15, 0.2) is 0 Å². The Bertz CT molecular complexity index is 1650. The SMILES string of the molecule is O=C(NC1CC1)c1cc2c(s1)-c1ccccc1N(C(=O)c1ccc(Cl)c(-c3ccnc(N4CCOCC4)c3)n1)CC2. The minimum atomic E-state index is -0.195. The number of fused-ring (bicyclic) bond motifs is 3. The Balaban J connectivity index is 1.20. The van der Waals surface area contributed by atoms with Gasteiger partial charge in [0.05, 0.1) is 34.5 Å². The Morgan fingerprint density at radius 3 is 2.68 bits per heavy atom. The minimum Gasteiger partial charge on any atom is -0.378 e. The molecule has 0 spiro atoms. The average Bonchev–Trinajstić information content (AvgIpc) is 3.76. The fraction of sp³-hybridized carbons (Fsp3) is 0.290. The summed E-state index contributed by atoms with van der Waals surface area (Å²) in [5.74, 6) is 0.625. The van der Waals surface area contributed by atoms with Crippen LogP contribution in [0.5, 0.6) is 0 Å². The van der Waals surface area contributed by atoms with Crippen molar-refractivity contribution in [2.45, 2.75) is 25.3 Å². The van der Waals surface area contributed by atoms with Crippen LogP contribution in [0.3, 0.4) is 0 Å². The summed E-state index contributed by atoms with van der Waals surface area (Å²) in [7, 11) is 0. The molecule has 0 unspecified atom stereocenters. The second-order valence-corrected chi connectivity index (χ2v) is 11.9. The highest BCUT2D eigenvalue weighted by Crippen LogP contribution is 2.42. The van der Waals surface area contributed by atoms with Crippen molar-refractivity contribution < 1.29 is 14.3 Å². The number of carbonyl (C=O) groups excluding carboxylic acids is 2. The lowest BCUT2D eigenvalue weighted by Gasteiger charge is -2.28. The van der Waals surface area contributed by atoms with Gasteiger partial charge in [0, 0.05) is 47.9 Å². The van der Waals surface area contributed by atoms with Gasteiger partial charge >= 0.3 is 0 Å². The van der Waals surface area contributed by atoms with Crippen LogP contribution in [-0.4, -0.2) is 60.7 Å². The number of nitrogens with one attached hydrogen (secondary N) is 1. The van der Waals surface area contributed by atoms with Gasteiger partial charge in [-0.3, -0.25) is 9.59 Å². The molecular weight excluding hydrogens is 558 g/mol. The summed E-state index contributed by atoms with van der Waals surface area (Å²) in [5.41, 5.74) is 4.50. The summed E-state index contributed by atoms with van der Waals surface area (Å²) in [6.07, 6.45) is 4.48. The molecule has 3 aliphatic rings. The number of morpholine rings is 1. The number of nitrogens with zero attached hydrogens (tertiary/aromatic N) is 4. The van der Waals surface area contributed by atoms with Crippen molar-refractivity contribution in [3.63, 3.8) is 0 Å². The number of rotatable bonds is 5. The number of carbonyl (C=O) groups is 2. The summed E-state index contributed by atoms with van der Waals surface area (Å²) >= 11 is 8.11. The molecule has 7 rings (SSSR count). The number of hydrogen-bond donors (Lipinski definition) is 1. The van der Waals surface area contributed by atoms with Crippen molar-refractivity contribution in [1.82, 2.24) is 15.3 Å². The summed E-state index contributed by atoms with van der Waals surface area (Å²) in [6.45, 7) is 3.33. The highest BCUT2D eigenvalue weighted by Gasteiger charge is 2.30. The first-order valence-electron chi connectivity index (χ1n) is 13.9. The van der Waals surface area contributed by atoms with E-state index in [-0.39, 0.29) is 11.8 Å². The number of benzene rings is 1. The van der Waals surface area contributed by atoms with Crippen molar-refractivity contribution in [2.24, 2.45) is 0 Å². The molecular formula is C31H28ClN5O3S. The average molecular weight is 586 g/mol. The molecule has 41 heavy (non-hydrogen) atoms. The third kappa shape index (κ3) is 5.21. The van der Waals surface area contributed by atoms with Gasteiger partial charge in [-0.25, -0.2) is 9.97 Å². The molecule has 2 fully saturated rings. The van der Waals surface area contributed by atoms with Crippen LogP contribution in [0.1, 0.15) is 38.6 Å². The van der Waals surface area contributed by atoms with Gasteiger partial charge in [-0.05, 0) is 61.2 Å². The monoisotopic (exact) mass is 585 g/mol. The largest absolute Gasteiger partial charge is 0.378 e. The zero-order valence-electron chi connectivity index (χ0n) is 22.3. The first-order valence-corrected chi connectivity index (χ1v) is 15.0. The van der Waals surface area contributed by atoms with Crippen molar-refractivity contribution in [3.05, 3.63) is 82.0 Å². The van der Waals surface area contributed by atoms with E-state index in [1.54, 1.807) is 23.2 Å². The van der Waals surface area contributed by atoms with E-state index in [0.29, 0.717) is 53.5 Å². The molecule has 3 aromatic heterocycles. The van der Waals surface area contributed by atoms with Gasteiger partial charge in [-0.1, -0.05) is 29.8 Å². The maximum Gasteiger partial charge on any atom is 0.276 e. The van der Waals surface area contributed by atoms with Crippen LogP contribution < -0.4 is 15.1 Å². The number of thiophene rings is 1. The maximum atomic E-state index is 14.0. The van der Waals surface area contributed by atoms with Crippen LogP contribution in [0.4, 0.5) is 11.5 Å². The number of hydrogen-bond acceptors (Lipinski definition) is 7. The van der Waals surface area contributed by atoms with Gasteiger partial charge in [-0.15, -0.1) is 11.3 Å². The molecule has 4 aromatic rings. The normalized spacial score (nSPS) is 16.5. The van der Waals surface area contributed by atoms with E-state index in [1.807, 2.05) is 42.5 Å². The highest BCUT2D eigenvalue weighted by atomic mass is 35.5. The molecule has 8 nitrogen and oxygen atoms in total. The van der Waals surface area contributed by atoms with E-state index in [1.165, 1.54) is 11.3 Å². The highest BCUT2D eigenvalue weighted by molar-refractivity contribution is 7.17. The Morgan fingerprint density at radius 1 is 1.02 bits per heavy atom. The standard InChI is InChI=1S/C31H28ClN5O3S/c32-23-7-8-24(35-28(23)19-9-11-33-27(18-19)36-13-15-40-16-14-36)31(39)37-12-10-20-17-26(30(38)34-21-5-6-21)41-29(20)22-3-1-2-4-25(22)37/h1-4,7-9,11,17-18,21H,5-6,10,12-16H2,(H,34,38). The van der Waals surface area contributed by atoms with Crippen molar-refractivity contribution in [2.75, 3.05) is 42.6 Å². The molecule has 0 radical (unpaired) electrons. The van der Waals surface area contributed by atoms with Crippen LogP contribution >= 0.6 is 22.9 Å². The number of pyridine rings is 2. The van der Waals surface area contributed by atoms with Gasteiger partial charge in [0.25, 0.3) is 11.8 Å². The van der Waals surface area contributed by atoms with Crippen LogP contribution in [0.25, 0.3) is 21.7 Å². The molecule has 1 N–H and O–H groups in total. The van der Waals surface area contributed by atoms with Crippen LogP contribution in [0, 0.1) is 0 Å². The van der Waals surface area contributed by atoms with Crippen LogP contribution in [0.15, 0.2) is 60.8 Å². The second kappa shape index (κ2) is 10.9. The predicted octanol–water partition coefficient (Wildman–Crippen LogP) is 5.46. The molecule has 10 heteroatoms. The van der Waals surface area contributed by atoms with Crippen LogP contribution in [-0.2, 0) is 11.2 Å². The van der Waals surface area contributed by atoms with E-state index < -0.39 is 0 Å². The molecule has 1 saturated carbocycles. The van der Waals surface area contributed by atoms with E-state index in [2.05, 4.69) is 15.2 Å². The number of anilines is 2. The Kier molecular flexibility index (Phi) is 6.94. The Morgan fingerprint density at radius 2 is 1.85 bits per heavy atom. The number of halogens is 1.